The van der Waals surface area contributed by atoms with Gasteiger partial charge < -0.3 is 14.9 Å². The molecule has 0 unspecified atom stereocenters. The monoisotopic (exact) mass is 352 g/mol. The van der Waals surface area contributed by atoms with Crippen LogP contribution in [0.2, 0.25) is 0 Å². The smallest absolute Gasteiger partial charge is 0.150 e. The second-order valence-corrected chi connectivity index (χ2v) is 8.00. The minimum atomic E-state index is -0.373. The number of hydrogen-bond acceptors (Lipinski definition) is 5. The normalized spacial score (nSPS) is 24.3. The van der Waals surface area contributed by atoms with Crippen LogP contribution in [0, 0.1) is 13.8 Å². The van der Waals surface area contributed by atoms with E-state index in [1.807, 2.05) is 20.0 Å². The van der Waals surface area contributed by atoms with Crippen LogP contribution in [0.25, 0.3) is 0 Å². The fourth-order valence-corrected chi connectivity index (χ4v) is 4.91. The molecule has 0 amide bonds. The molecule has 0 radical (unpaired) electrons. The van der Waals surface area contributed by atoms with Crippen molar-refractivity contribution in [2.24, 2.45) is 0 Å². The molecule has 26 heavy (non-hydrogen) atoms. The van der Waals surface area contributed by atoms with Crippen molar-refractivity contribution in [3.8, 4) is 0 Å². The lowest BCUT2D eigenvalue weighted by Crippen LogP contribution is -2.49. The first-order chi connectivity index (χ1) is 12.4. The minimum absolute atomic E-state index is 0.0678. The molecule has 2 aromatic rings. The van der Waals surface area contributed by atoms with Crippen LogP contribution in [0.4, 0.5) is 5.82 Å². The Morgan fingerprint density at radius 3 is 2.54 bits per heavy atom. The molecule has 1 aliphatic carbocycles. The molecule has 1 spiro atoms. The second-order valence-electron chi connectivity index (χ2n) is 8.00. The Hall–Kier alpha value is -1.98. The Morgan fingerprint density at radius 2 is 1.85 bits per heavy atom. The van der Waals surface area contributed by atoms with Crippen molar-refractivity contribution in [2.45, 2.75) is 44.2 Å². The molecule has 5 heteroatoms. The van der Waals surface area contributed by atoms with Gasteiger partial charge in [0.05, 0.1) is 23.5 Å². The van der Waals surface area contributed by atoms with E-state index >= 15 is 0 Å². The van der Waals surface area contributed by atoms with Crippen molar-refractivity contribution >= 4 is 5.82 Å². The van der Waals surface area contributed by atoms with Gasteiger partial charge in [-0.15, -0.1) is 0 Å². The highest BCUT2D eigenvalue weighted by Crippen LogP contribution is 2.52. The Morgan fingerprint density at radius 1 is 1.15 bits per heavy atom. The molecule has 1 N–H and O–H groups in total. The maximum absolute atomic E-state index is 11.3. The highest BCUT2D eigenvalue weighted by atomic mass is 16.3. The van der Waals surface area contributed by atoms with E-state index in [0.29, 0.717) is 0 Å². The molecule has 1 aromatic heterocycles. The van der Waals surface area contributed by atoms with Gasteiger partial charge >= 0.3 is 0 Å². The number of benzene rings is 1. The average molecular weight is 352 g/mol. The molecule has 1 aliphatic heterocycles. The van der Waals surface area contributed by atoms with Gasteiger partial charge in [0, 0.05) is 24.7 Å². The van der Waals surface area contributed by atoms with Crippen LogP contribution in [0.3, 0.4) is 0 Å². The standard InChI is InChI=1S/C21H28N4O/c1-14-13-22-15(2)20(23-14)25-11-9-21(10-12-25)17-8-6-5-7-16(17)18(19(21)26)24(3)4/h5-8,13,18-19,26H,9-12H2,1-4H3/t18-,19+/m1/s1. The van der Waals surface area contributed by atoms with Crippen LogP contribution >= 0.6 is 0 Å². The Labute approximate surface area is 155 Å². The summed E-state index contributed by atoms with van der Waals surface area (Å²) >= 11 is 0. The third kappa shape index (κ3) is 2.53. The van der Waals surface area contributed by atoms with Crippen molar-refractivity contribution in [3.05, 3.63) is 53.0 Å². The predicted molar refractivity (Wildman–Crippen MR) is 104 cm³/mol. The summed E-state index contributed by atoms with van der Waals surface area (Å²) in [7, 11) is 4.12. The minimum Gasteiger partial charge on any atom is -0.390 e. The van der Waals surface area contributed by atoms with Crippen molar-refractivity contribution in [2.75, 3.05) is 32.1 Å². The zero-order valence-electron chi connectivity index (χ0n) is 16.1. The quantitative estimate of drug-likeness (QED) is 0.900. The molecule has 2 atom stereocenters. The maximum Gasteiger partial charge on any atom is 0.150 e. The maximum atomic E-state index is 11.3. The van der Waals surface area contributed by atoms with E-state index in [1.165, 1.54) is 11.1 Å². The van der Waals surface area contributed by atoms with Gasteiger partial charge in [0.25, 0.3) is 0 Å². The number of aryl methyl sites for hydroxylation is 2. The summed E-state index contributed by atoms with van der Waals surface area (Å²) < 4.78 is 0. The first-order valence-electron chi connectivity index (χ1n) is 9.43. The van der Waals surface area contributed by atoms with Gasteiger partial charge in [-0.1, -0.05) is 24.3 Å². The number of rotatable bonds is 2. The summed E-state index contributed by atoms with van der Waals surface area (Å²) in [4.78, 5) is 13.7. The number of aliphatic hydroxyl groups is 1. The van der Waals surface area contributed by atoms with Crippen LogP contribution in [0.5, 0.6) is 0 Å². The summed E-state index contributed by atoms with van der Waals surface area (Å²) in [5.41, 5.74) is 4.38. The predicted octanol–water partition coefficient (Wildman–Crippen LogP) is 2.61. The van der Waals surface area contributed by atoms with E-state index in [2.05, 4.69) is 53.1 Å². The summed E-state index contributed by atoms with van der Waals surface area (Å²) in [6, 6.07) is 8.66. The first-order valence-corrected chi connectivity index (χ1v) is 9.43. The number of aliphatic hydroxyl groups excluding tert-OH is 1. The molecule has 1 aromatic carbocycles. The molecule has 4 rings (SSSR count). The molecule has 0 saturated carbocycles. The van der Waals surface area contributed by atoms with Crippen molar-refractivity contribution < 1.29 is 5.11 Å². The Balaban J connectivity index is 1.65. The zero-order chi connectivity index (χ0) is 18.5. The molecule has 1 saturated heterocycles. The van der Waals surface area contributed by atoms with Gasteiger partial charge in [-0.25, -0.2) is 4.98 Å². The fourth-order valence-electron chi connectivity index (χ4n) is 4.91. The van der Waals surface area contributed by atoms with E-state index in [1.54, 1.807) is 0 Å². The van der Waals surface area contributed by atoms with Gasteiger partial charge in [0.15, 0.2) is 0 Å². The van der Waals surface area contributed by atoms with Crippen LogP contribution in [-0.2, 0) is 5.41 Å². The van der Waals surface area contributed by atoms with Crippen molar-refractivity contribution in [1.82, 2.24) is 14.9 Å². The highest BCUT2D eigenvalue weighted by molar-refractivity contribution is 5.49. The van der Waals surface area contributed by atoms with Crippen LogP contribution < -0.4 is 4.90 Å². The summed E-state index contributed by atoms with van der Waals surface area (Å²) in [6.45, 7) is 5.79. The van der Waals surface area contributed by atoms with Gasteiger partial charge in [-0.3, -0.25) is 4.98 Å². The number of fused-ring (bicyclic) bond motifs is 2. The topological polar surface area (TPSA) is 52.5 Å². The summed E-state index contributed by atoms with van der Waals surface area (Å²) in [5, 5.41) is 11.3. The van der Waals surface area contributed by atoms with Crippen molar-refractivity contribution in [3.63, 3.8) is 0 Å². The molecule has 2 heterocycles. The Kier molecular flexibility index (Phi) is 4.24. The molecule has 2 aliphatic rings. The van der Waals surface area contributed by atoms with E-state index in [4.69, 9.17) is 4.98 Å². The molecular weight excluding hydrogens is 324 g/mol. The van der Waals surface area contributed by atoms with Gasteiger partial charge in [-0.2, -0.15) is 0 Å². The SMILES string of the molecule is Cc1cnc(C)c(N2CCC3(CC2)c2ccccc2[C@@H](N(C)C)[C@@H]3O)n1. The number of hydrogen-bond donors (Lipinski definition) is 1. The number of anilines is 1. The zero-order valence-corrected chi connectivity index (χ0v) is 16.1. The number of aromatic nitrogens is 2. The van der Waals surface area contributed by atoms with Crippen molar-refractivity contribution in [1.29, 1.82) is 0 Å². The van der Waals surface area contributed by atoms with Gasteiger partial charge in [0.1, 0.15) is 5.82 Å². The Bertz CT molecular complexity index is 811. The molecule has 5 nitrogen and oxygen atoms in total. The average Bonchev–Trinajstić information content (AvgIpc) is 2.87. The lowest BCUT2D eigenvalue weighted by molar-refractivity contribution is 0.0166. The van der Waals surface area contributed by atoms with Gasteiger partial charge in [-0.05, 0) is 51.9 Å². The van der Waals surface area contributed by atoms with E-state index in [0.717, 1.165) is 43.1 Å². The molecule has 1 fully saturated rings. The van der Waals surface area contributed by atoms with Gasteiger partial charge in [0.2, 0.25) is 0 Å². The number of likely N-dealkylation sites (N-methyl/N-ethyl adjacent to an activating group) is 1. The number of piperidine rings is 1. The highest BCUT2D eigenvalue weighted by Gasteiger charge is 2.53. The molecule has 0 bridgehead atoms. The molecule has 138 valence electrons. The number of nitrogens with zero attached hydrogens (tertiary/aromatic N) is 4. The fraction of sp³-hybridized carbons (Fsp3) is 0.524. The van der Waals surface area contributed by atoms with Crippen LogP contribution in [-0.4, -0.2) is 53.3 Å². The largest absolute Gasteiger partial charge is 0.390 e. The van der Waals surface area contributed by atoms with E-state index in [9.17, 15) is 5.11 Å². The summed E-state index contributed by atoms with van der Waals surface area (Å²) in [6.07, 6.45) is 3.32. The summed E-state index contributed by atoms with van der Waals surface area (Å²) in [5.74, 6) is 0.991. The lowest BCUT2D eigenvalue weighted by atomic mass is 9.72. The first kappa shape index (κ1) is 17.4. The van der Waals surface area contributed by atoms with E-state index in [-0.39, 0.29) is 17.6 Å². The third-order valence-corrected chi connectivity index (χ3v) is 6.24. The second kappa shape index (κ2) is 6.32. The lowest BCUT2D eigenvalue weighted by Gasteiger charge is -2.44. The van der Waals surface area contributed by atoms with E-state index < -0.39 is 0 Å². The van der Waals surface area contributed by atoms with Crippen LogP contribution in [0.15, 0.2) is 30.5 Å². The third-order valence-electron chi connectivity index (χ3n) is 6.24. The molecular formula is C21H28N4O. The van der Waals surface area contributed by atoms with Crippen LogP contribution in [0.1, 0.15) is 41.4 Å².